The predicted molar refractivity (Wildman–Crippen MR) is 58.6 cm³/mol. The number of aromatic nitrogens is 4. The highest BCUT2D eigenvalue weighted by molar-refractivity contribution is 7.88. The summed E-state index contributed by atoms with van der Waals surface area (Å²) >= 11 is 0. The van der Waals surface area contributed by atoms with Gasteiger partial charge in [-0.15, -0.1) is 10.2 Å². The number of rotatable bonds is 5. The van der Waals surface area contributed by atoms with E-state index in [2.05, 4.69) is 30.7 Å². The number of aromatic amines is 1. The van der Waals surface area contributed by atoms with Crippen LogP contribution >= 0.6 is 0 Å². The van der Waals surface area contributed by atoms with Crippen LogP contribution in [-0.4, -0.2) is 53.3 Å². The minimum absolute atomic E-state index is 0.0971. The van der Waals surface area contributed by atoms with Gasteiger partial charge in [0.25, 0.3) is 11.7 Å². The standard InChI is InChI=1S/C7H14N6O3S/c1-7(2,11-17(3,15)16)4-8-6(14)5-9-12-13-10-5/h11H,4H2,1-3H3,(H,8,14)(H,9,10,12,13). The van der Waals surface area contributed by atoms with Crippen molar-refractivity contribution in [3.63, 3.8) is 0 Å². The number of carbonyl (C=O) groups excluding carboxylic acids is 1. The van der Waals surface area contributed by atoms with E-state index in [9.17, 15) is 13.2 Å². The smallest absolute Gasteiger partial charge is 0.292 e. The van der Waals surface area contributed by atoms with Gasteiger partial charge in [0.2, 0.25) is 10.0 Å². The number of carbonyl (C=O) groups is 1. The Morgan fingerprint density at radius 3 is 2.59 bits per heavy atom. The first-order valence-corrected chi connectivity index (χ1v) is 6.59. The van der Waals surface area contributed by atoms with Crippen molar-refractivity contribution in [2.75, 3.05) is 12.8 Å². The second kappa shape index (κ2) is 4.75. The van der Waals surface area contributed by atoms with Crippen LogP contribution in [0.4, 0.5) is 0 Å². The van der Waals surface area contributed by atoms with Gasteiger partial charge < -0.3 is 5.32 Å². The lowest BCUT2D eigenvalue weighted by atomic mass is 10.1. The van der Waals surface area contributed by atoms with E-state index in [0.29, 0.717) is 0 Å². The number of amides is 1. The summed E-state index contributed by atoms with van der Waals surface area (Å²) in [5, 5.41) is 14.9. The zero-order valence-electron chi connectivity index (χ0n) is 9.68. The van der Waals surface area contributed by atoms with Crippen molar-refractivity contribution >= 4 is 15.9 Å². The summed E-state index contributed by atoms with van der Waals surface area (Å²) in [6, 6.07) is 0. The molecule has 3 N–H and O–H groups in total. The Balaban J connectivity index is 2.53. The molecule has 17 heavy (non-hydrogen) atoms. The molecule has 1 aromatic rings. The fourth-order valence-electron chi connectivity index (χ4n) is 1.18. The quantitative estimate of drug-likeness (QED) is 0.577. The summed E-state index contributed by atoms with van der Waals surface area (Å²) in [7, 11) is -3.33. The maximum Gasteiger partial charge on any atom is 0.292 e. The van der Waals surface area contributed by atoms with Gasteiger partial charge in [0.05, 0.1) is 6.26 Å². The average molecular weight is 262 g/mol. The Labute approximate surface area is 98.4 Å². The van der Waals surface area contributed by atoms with Crippen molar-refractivity contribution < 1.29 is 13.2 Å². The van der Waals surface area contributed by atoms with E-state index in [-0.39, 0.29) is 12.4 Å². The molecule has 10 heteroatoms. The largest absolute Gasteiger partial charge is 0.347 e. The van der Waals surface area contributed by atoms with E-state index in [1.807, 2.05) is 0 Å². The van der Waals surface area contributed by atoms with Crippen LogP contribution in [0.15, 0.2) is 0 Å². The third-order valence-electron chi connectivity index (χ3n) is 1.70. The second-order valence-electron chi connectivity index (χ2n) is 4.18. The number of hydrogen-bond donors (Lipinski definition) is 3. The number of hydrogen-bond acceptors (Lipinski definition) is 6. The van der Waals surface area contributed by atoms with Gasteiger partial charge in [-0.2, -0.15) is 5.21 Å². The molecule has 96 valence electrons. The molecular weight excluding hydrogens is 248 g/mol. The summed E-state index contributed by atoms with van der Waals surface area (Å²) in [5.41, 5.74) is -0.799. The number of nitrogens with one attached hydrogen (secondary N) is 3. The van der Waals surface area contributed by atoms with Gasteiger partial charge >= 0.3 is 0 Å². The first-order chi connectivity index (χ1) is 7.70. The maximum atomic E-state index is 11.4. The third kappa shape index (κ3) is 4.87. The molecule has 0 saturated heterocycles. The molecule has 1 rings (SSSR count). The molecule has 0 fully saturated rings. The number of H-pyrrole nitrogens is 1. The molecular formula is C7H14N6O3S. The first-order valence-electron chi connectivity index (χ1n) is 4.70. The Kier molecular flexibility index (Phi) is 3.78. The number of nitrogens with zero attached hydrogens (tertiary/aromatic N) is 3. The van der Waals surface area contributed by atoms with Crippen LogP contribution in [0.5, 0.6) is 0 Å². The lowest BCUT2D eigenvalue weighted by Crippen LogP contribution is -2.51. The molecule has 1 aromatic heterocycles. The van der Waals surface area contributed by atoms with Crippen molar-refractivity contribution in [2.24, 2.45) is 0 Å². The van der Waals surface area contributed by atoms with Crippen LogP contribution in [0.25, 0.3) is 0 Å². The second-order valence-corrected chi connectivity index (χ2v) is 5.92. The van der Waals surface area contributed by atoms with Gasteiger partial charge in [0.15, 0.2) is 0 Å². The lowest BCUT2D eigenvalue weighted by molar-refractivity contribution is 0.0934. The van der Waals surface area contributed by atoms with Gasteiger partial charge in [-0.1, -0.05) is 0 Å². The Bertz CT molecular complexity index is 480. The summed E-state index contributed by atoms with van der Waals surface area (Å²) in [5.74, 6) is -0.623. The van der Waals surface area contributed by atoms with Crippen LogP contribution in [0.2, 0.25) is 0 Å². The van der Waals surface area contributed by atoms with E-state index in [1.165, 1.54) is 0 Å². The zero-order valence-corrected chi connectivity index (χ0v) is 10.5. The Morgan fingerprint density at radius 1 is 1.47 bits per heavy atom. The molecule has 0 bridgehead atoms. The van der Waals surface area contributed by atoms with Crippen LogP contribution in [0.1, 0.15) is 24.5 Å². The number of sulfonamides is 1. The highest BCUT2D eigenvalue weighted by atomic mass is 32.2. The predicted octanol–water partition coefficient (Wildman–Crippen LogP) is -1.74. The normalized spacial score (nSPS) is 12.4. The monoisotopic (exact) mass is 262 g/mol. The fourth-order valence-corrected chi connectivity index (χ4v) is 2.25. The van der Waals surface area contributed by atoms with Crippen LogP contribution in [0.3, 0.4) is 0 Å². The van der Waals surface area contributed by atoms with Crippen molar-refractivity contribution in [1.82, 2.24) is 30.7 Å². The van der Waals surface area contributed by atoms with Crippen molar-refractivity contribution in [3.8, 4) is 0 Å². The Morgan fingerprint density at radius 2 is 2.12 bits per heavy atom. The Hall–Kier alpha value is -1.55. The van der Waals surface area contributed by atoms with E-state index in [4.69, 9.17) is 0 Å². The highest BCUT2D eigenvalue weighted by Gasteiger charge is 2.23. The summed E-state index contributed by atoms with van der Waals surface area (Å²) < 4.78 is 24.5. The summed E-state index contributed by atoms with van der Waals surface area (Å²) in [6.07, 6.45) is 1.05. The van der Waals surface area contributed by atoms with Gasteiger partial charge in [0.1, 0.15) is 0 Å². The highest BCUT2D eigenvalue weighted by Crippen LogP contribution is 2.02. The third-order valence-corrected chi connectivity index (χ3v) is 2.62. The van der Waals surface area contributed by atoms with Gasteiger partial charge in [-0.25, -0.2) is 13.1 Å². The molecule has 0 unspecified atom stereocenters. The minimum atomic E-state index is -3.33. The van der Waals surface area contributed by atoms with E-state index in [1.54, 1.807) is 13.8 Å². The fraction of sp³-hybridized carbons (Fsp3) is 0.714. The van der Waals surface area contributed by atoms with Crippen molar-refractivity contribution in [1.29, 1.82) is 0 Å². The minimum Gasteiger partial charge on any atom is -0.347 e. The van der Waals surface area contributed by atoms with E-state index >= 15 is 0 Å². The summed E-state index contributed by atoms with van der Waals surface area (Å²) in [4.78, 5) is 11.4. The topological polar surface area (TPSA) is 130 Å². The first kappa shape index (κ1) is 13.5. The van der Waals surface area contributed by atoms with E-state index in [0.717, 1.165) is 6.26 Å². The van der Waals surface area contributed by atoms with Gasteiger partial charge in [-0.05, 0) is 19.1 Å². The van der Waals surface area contributed by atoms with Crippen LogP contribution in [-0.2, 0) is 10.0 Å². The van der Waals surface area contributed by atoms with E-state index < -0.39 is 21.5 Å². The zero-order chi connectivity index (χ0) is 13.1. The molecule has 1 heterocycles. The average Bonchev–Trinajstić information content (AvgIpc) is 2.63. The maximum absolute atomic E-state index is 11.4. The molecule has 0 aliphatic carbocycles. The molecule has 0 aliphatic rings. The SMILES string of the molecule is CC(C)(CNC(=O)c1nn[nH]n1)NS(C)(=O)=O. The van der Waals surface area contributed by atoms with Gasteiger partial charge in [0, 0.05) is 12.1 Å². The number of tetrazole rings is 1. The molecule has 0 aliphatic heterocycles. The van der Waals surface area contributed by atoms with Crippen LogP contribution < -0.4 is 10.0 Å². The molecule has 9 nitrogen and oxygen atoms in total. The van der Waals surface area contributed by atoms with Gasteiger partial charge in [-0.3, -0.25) is 4.79 Å². The van der Waals surface area contributed by atoms with Crippen LogP contribution in [0, 0.1) is 0 Å². The molecule has 0 atom stereocenters. The molecule has 0 radical (unpaired) electrons. The van der Waals surface area contributed by atoms with Crippen molar-refractivity contribution in [3.05, 3.63) is 5.82 Å². The van der Waals surface area contributed by atoms with Crippen molar-refractivity contribution in [2.45, 2.75) is 19.4 Å². The molecule has 0 saturated carbocycles. The molecule has 1 amide bonds. The molecule has 0 aromatic carbocycles. The molecule has 0 spiro atoms. The summed E-state index contributed by atoms with van der Waals surface area (Å²) in [6.45, 7) is 3.39. The lowest BCUT2D eigenvalue weighted by Gasteiger charge is -2.24.